The first-order chi connectivity index (χ1) is 13.4. The molecule has 0 saturated carbocycles. The number of hydrogen-bond acceptors (Lipinski definition) is 5. The summed E-state index contributed by atoms with van der Waals surface area (Å²) in [7, 11) is 0. The maximum absolute atomic E-state index is 12.4. The van der Waals surface area contributed by atoms with Gasteiger partial charge in [0.2, 0.25) is 0 Å². The monoisotopic (exact) mass is 422 g/mol. The van der Waals surface area contributed by atoms with Gasteiger partial charge in [0.05, 0.1) is 27.9 Å². The molecule has 3 rings (SSSR count). The standard InChI is InChI=1S/C20H14Cl2N2O4.Li/c21-12-4-6-15(17(22)9-12)19(25)24-18-7-5-14(10-16(18)20(26)27)28-11-13-3-1-2-8-23-13;/h1-10H,11H2,(H,24,25)(H,26,27);/q;+1/p-1. The van der Waals surface area contributed by atoms with Gasteiger partial charge in [-0.25, -0.2) is 0 Å². The predicted molar refractivity (Wildman–Crippen MR) is 104 cm³/mol. The van der Waals surface area contributed by atoms with Crippen LogP contribution in [0.3, 0.4) is 0 Å². The van der Waals surface area contributed by atoms with E-state index in [9.17, 15) is 14.7 Å². The van der Waals surface area contributed by atoms with Crippen LogP contribution in [0.15, 0.2) is 60.8 Å². The van der Waals surface area contributed by atoms with Crippen molar-refractivity contribution in [1.29, 1.82) is 0 Å². The number of carbonyl (C=O) groups excluding carboxylic acids is 2. The average Bonchev–Trinajstić information content (AvgIpc) is 2.67. The molecule has 0 unspecified atom stereocenters. The summed E-state index contributed by atoms with van der Waals surface area (Å²) in [6.07, 6.45) is 1.63. The molecule has 2 aromatic carbocycles. The van der Waals surface area contributed by atoms with Crippen LogP contribution in [0.4, 0.5) is 5.69 Å². The summed E-state index contributed by atoms with van der Waals surface area (Å²) in [5.74, 6) is -1.74. The van der Waals surface area contributed by atoms with Crippen LogP contribution in [-0.4, -0.2) is 16.9 Å². The molecular weight excluding hydrogens is 410 g/mol. The molecule has 0 saturated heterocycles. The number of carboxylic acid groups (broad SMARTS) is 1. The predicted octanol–water partition coefficient (Wildman–Crippen LogP) is 0.587. The second-order valence-corrected chi connectivity index (χ2v) is 6.53. The number of nitrogens with zero attached hydrogens (tertiary/aromatic N) is 1. The van der Waals surface area contributed by atoms with E-state index in [0.717, 1.165) is 0 Å². The van der Waals surface area contributed by atoms with E-state index in [4.69, 9.17) is 27.9 Å². The number of hydrogen-bond donors (Lipinski definition) is 1. The summed E-state index contributed by atoms with van der Waals surface area (Å²) in [5.41, 5.74) is 0.677. The smallest absolute Gasteiger partial charge is 0.545 e. The number of carboxylic acids is 1. The topological polar surface area (TPSA) is 91.3 Å². The molecule has 0 aliphatic rings. The van der Waals surface area contributed by atoms with E-state index in [-0.39, 0.29) is 47.3 Å². The fourth-order valence-corrected chi connectivity index (χ4v) is 2.89. The normalized spacial score (nSPS) is 10.0. The second kappa shape index (κ2) is 10.3. The van der Waals surface area contributed by atoms with Gasteiger partial charge in [-0.1, -0.05) is 29.3 Å². The summed E-state index contributed by atoms with van der Waals surface area (Å²) >= 11 is 11.8. The fourth-order valence-electron chi connectivity index (χ4n) is 2.40. The zero-order valence-corrected chi connectivity index (χ0v) is 16.8. The number of rotatable bonds is 6. The molecule has 1 amide bonds. The van der Waals surface area contributed by atoms with Crippen molar-refractivity contribution in [3.8, 4) is 5.75 Å². The number of aromatic nitrogens is 1. The number of carbonyl (C=O) groups is 2. The number of amides is 1. The van der Waals surface area contributed by atoms with Gasteiger partial charge in [-0.2, -0.15) is 0 Å². The molecule has 9 heteroatoms. The van der Waals surface area contributed by atoms with Gasteiger partial charge < -0.3 is 20.0 Å². The van der Waals surface area contributed by atoms with Crippen LogP contribution in [0.1, 0.15) is 26.4 Å². The molecule has 0 radical (unpaired) electrons. The molecule has 6 nitrogen and oxygen atoms in total. The number of pyridine rings is 1. The summed E-state index contributed by atoms with van der Waals surface area (Å²) in [6, 6.07) is 14.0. The van der Waals surface area contributed by atoms with Crippen molar-refractivity contribution in [2.24, 2.45) is 0 Å². The summed E-state index contributed by atoms with van der Waals surface area (Å²) < 4.78 is 5.56. The Balaban J connectivity index is 0.00000300. The van der Waals surface area contributed by atoms with Crippen molar-refractivity contribution < 1.29 is 38.3 Å². The van der Waals surface area contributed by atoms with Crippen LogP contribution in [0.25, 0.3) is 0 Å². The maximum Gasteiger partial charge on any atom is 1.00 e. The Bertz CT molecular complexity index is 1030. The molecule has 142 valence electrons. The maximum atomic E-state index is 12.4. The number of ether oxygens (including phenoxy) is 1. The van der Waals surface area contributed by atoms with Gasteiger partial charge in [-0.3, -0.25) is 9.78 Å². The Labute approximate surface area is 189 Å². The van der Waals surface area contributed by atoms with Crippen molar-refractivity contribution in [3.63, 3.8) is 0 Å². The van der Waals surface area contributed by atoms with Crippen LogP contribution >= 0.6 is 23.2 Å². The van der Waals surface area contributed by atoms with Crippen LogP contribution < -0.4 is 34.0 Å². The van der Waals surface area contributed by atoms with Crippen molar-refractivity contribution >= 4 is 40.8 Å². The van der Waals surface area contributed by atoms with Gasteiger partial charge >= 0.3 is 18.9 Å². The molecule has 0 aliphatic heterocycles. The first-order valence-corrected chi connectivity index (χ1v) is 8.84. The molecule has 1 heterocycles. The SMILES string of the molecule is O=C(Nc1ccc(OCc2ccccn2)cc1C(=O)[O-])c1ccc(Cl)cc1Cl.[Li+]. The molecule has 1 aromatic heterocycles. The molecule has 0 aliphatic carbocycles. The summed E-state index contributed by atoms with van der Waals surface area (Å²) in [4.78, 5) is 28.1. The van der Waals surface area contributed by atoms with Crippen LogP contribution in [-0.2, 0) is 6.61 Å². The van der Waals surface area contributed by atoms with Gasteiger partial charge in [0.1, 0.15) is 12.4 Å². The Morgan fingerprint density at radius 1 is 1.03 bits per heavy atom. The van der Waals surface area contributed by atoms with E-state index < -0.39 is 11.9 Å². The molecule has 1 N–H and O–H groups in total. The Morgan fingerprint density at radius 2 is 1.83 bits per heavy atom. The van der Waals surface area contributed by atoms with Crippen molar-refractivity contribution in [3.05, 3.63) is 87.7 Å². The zero-order chi connectivity index (χ0) is 20.1. The summed E-state index contributed by atoms with van der Waals surface area (Å²) in [5, 5.41) is 14.5. The third kappa shape index (κ3) is 5.99. The van der Waals surface area contributed by atoms with E-state index in [2.05, 4.69) is 10.3 Å². The number of nitrogens with one attached hydrogen (secondary N) is 1. The molecular formula is C20H13Cl2LiN2O4. The molecule has 0 bridgehead atoms. The first kappa shape index (κ1) is 22.8. The first-order valence-electron chi connectivity index (χ1n) is 8.08. The van der Waals surface area contributed by atoms with E-state index in [0.29, 0.717) is 16.5 Å². The van der Waals surface area contributed by atoms with E-state index in [1.54, 1.807) is 18.3 Å². The molecule has 0 atom stereocenters. The Kier molecular flexibility index (Phi) is 8.12. The molecule has 0 spiro atoms. The number of anilines is 1. The number of benzene rings is 2. The minimum absolute atomic E-state index is 0. The van der Waals surface area contributed by atoms with Gasteiger partial charge in [-0.05, 0) is 48.5 Å². The van der Waals surface area contributed by atoms with Crippen molar-refractivity contribution in [2.75, 3.05) is 5.32 Å². The van der Waals surface area contributed by atoms with Gasteiger partial charge in [0.25, 0.3) is 5.91 Å². The van der Waals surface area contributed by atoms with Crippen molar-refractivity contribution in [1.82, 2.24) is 4.98 Å². The van der Waals surface area contributed by atoms with Gasteiger partial charge in [0.15, 0.2) is 0 Å². The van der Waals surface area contributed by atoms with Crippen LogP contribution in [0.2, 0.25) is 10.0 Å². The molecule has 3 aromatic rings. The van der Waals surface area contributed by atoms with Crippen LogP contribution in [0.5, 0.6) is 5.75 Å². The minimum atomic E-state index is -1.46. The van der Waals surface area contributed by atoms with Gasteiger partial charge in [0, 0.05) is 16.8 Å². The number of aromatic carboxylic acids is 1. The zero-order valence-electron chi connectivity index (χ0n) is 15.3. The van der Waals surface area contributed by atoms with E-state index >= 15 is 0 Å². The van der Waals surface area contributed by atoms with Crippen LogP contribution in [0, 0.1) is 0 Å². The van der Waals surface area contributed by atoms with E-state index in [1.807, 2.05) is 6.07 Å². The van der Waals surface area contributed by atoms with Gasteiger partial charge in [-0.15, -0.1) is 0 Å². The molecule has 0 fully saturated rings. The largest absolute Gasteiger partial charge is 1.00 e. The minimum Gasteiger partial charge on any atom is -0.545 e. The third-order valence-electron chi connectivity index (χ3n) is 3.75. The second-order valence-electron chi connectivity index (χ2n) is 5.68. The van der Waals surface area contributed by atoms with E-state index in [1.165, 1.54) is 36.4 Å². The molecule has 29 heavy (non-hydrogen) atoms. The summed E-state index contributed by atoms with van der Waals surface area (Å²) in [6.45, 7) is 0.166. The Morgan fingerprint density at radius 3 is 2.48 bits per heavy atom. The quantitative estimate of drug-likeness (QED) is 0.587. The number of halogens is 2. The average molecular weight is 423 g/mol. The van der Waals surface area contributed by atoms with Crippen molar-refractivity contribution in [2.45, 2.75) is 6.61 Å². The Hall–Kier alpha value is -2.49. The fraction of sp³-hybridized carbons (Fsp3) is 0.0500. The third-order valence-corrected chi connectivity index (χ3v) is 4.30.